The summed E-state index contributed by atoms with van der Waals surface area (Å²) >= 11 is 4.89. The number of hydrogen-bond acceptors (Lipinski definition) is 4. The van der Waals surface area contributed by atoms with Crippen LogP contribution in [0.15, 0.2) is 18.3 Å². The molecule has 1 aliphatic rings. The molecule has 1 saturated heterocycles. The molecule has 2 atom stereocenters. The first-order valence-corrected chi connectivity index (χ1v) is 6.17. The van der Waals surface area contributed by atoms with Gasteiger partial charge < -0.3 is 15.7 Å². The van der Waals surface area contributed by atoms with Gasteiger partial charge in [-0.1, -0.05) is 19.1 Å². The molecule has 1 aromatic heterocycles. The highest BCUT2D eigenvalue weighted by Crippen LogP contribution is 2.21. The fraction of sp³-hybridized carbons (Fsp3) is 0.500. The summed E-state index contributed by atoms with van der Waals surface area (Å²) in [7, 11) is 0. The van der Waals surface area contributed by atoms with Crippen molar-refractivity contribution in [2.45, 2.75) is 19.4 Å². The van der Waals surface area contributed by atoms with Crippen molar-refractivity contribution in [1.82, 2.24) is 4.98 Å². The maximum Gasteiger partial charge on any atom is 0.128 e. The van der Waals surface area contributed by atoms with E-state index in [4.69, 9.17) is 18.0 Å². The molecule has 3 N–H and O–H groups in total. The third-order valence-corrected chi connectivity index (χ3v) is 3.45. The van der Waals surface area contributed by atoms with Crippen LogP contribution in [0.25, 0.3) is 0 Å². The maximum atomic E-state index is 9.68. The zero-order chi connectivity index (χ0) is 12.4. The molecule has 0 bridgehead atoms. The van der Waals surface area contributed by atoms with Crippen LogP contribution < -0.4 is 10.6 Å². The second-order valence-corrected chi connectivity index (χ2v) is 4.99. The molecule has 0 amide bonds. The van der Waals surface area contributed by atoms with Crippen molar-refractivity contribution < 1.29 is 5.11 Å². The summed E-state index contributed by atoms with van der Waals surface area (Å²) in [5.74, 6) is 1.20. The first-order valence-electron chi connectivity index (χ1n) is 5.77. The minimum Gasteiger partial charge on any atom is -0.393 e. The number of piperidine rings is 1. The zero-order valence-corrected chi connectivity index (χ0v) is 10.7. The molecule has 2 rings (SSSR count). The van der Waals surface area contributed by atoms with Crippen LogP contribution in [0.2, 0.25) is 0 Å². The molecule has 4 nitrogen and oxygen atoms in total. The van der Waals surface area contributed by atoms with E-state index in [1.165, 1.54) is 0 Å². The van der Waals surface area contributed by atoms with Crippen LogP contribution in [0.1, 0.15) is 18.9 Å². The lowest BCUT2D eigenvalue weighted by atomic mass is 9.97. The summed E-state index contributed by atoms with van der Waals surface area (Å²) in [5.41, 5.74) is 6.31. The van der Waals surface area contributed by atoms with E-state index in [1.54, 1.807) is 6.20 Å². The molecular formula is C12H17N3OS. The molecule has 0 aliphatic carbocycles. The van der Waals surface area contributed by atoms with E-state index < -0.39 is 0 Å². The van der Waals surface area contributed by atoms with E-state index in [9.17, 15) is 5.11 Å². The van der Waals surface area contributed by atoms with Crippen LogP contribution in [0, 0.1) is 5.92 Å². The molecule has 2 heterocycles. The predicted octanol–water partition coefficient (Wildman–Crippen LogP) is 0.923. The van der Waals surface area contributed by atoms with Crippen molar-refractivity contribution in [3.05, 3.63) is 23.9 Å². The Bertz CT molecular complexity index is 407. The Kier molecular flexibility index (Phi) is 3.59. The fourth-order valence-electron chi connectivity index (χ4n) is 2.06. The van der Waals surface area contributed by atoms with Gasteiger partial charge in [0.25, 0.3) is 0 Å². The Balaban J connectivity index is 2.10. The topological polar surface area (TPSA) is 62.4 Å². The van der Waals surface area contributed by atoms with E-state index in [2.05, 4.69) is 16.8 Å². The zero-order valence-electron chi connectivity index (χ0n) is 9.84. The molecule has 0 saturated carbocycles. The standard InChI is InChI=1S/C12H17N3OS/c1-8-7-15(5-4-10(8)16)11-3-2-9(6-14-11)12(13)17/h2-3,6,8,10,16H,4-5,7H2,1H3,(H2,13,17). The molecule has 92 valence electrons. The number of nitrogens with two attached hydrogens (primary N) is 1. The maximum absolute atomic E-state index is 9.68. The van der Waals surface area contributed by atoms with E-state index in [1.807, 2.05) is 12.1 Å². The van der Waals surface area contributed by atoms with Gasteiger partial charge in [0.1, 0.15) is 10.8 Å². The Morgan fingerprint density at radius 2 is 2.35 bits per heavy atom. The first-order chi connectivity index (χ1) is 8.08. The Morgan fingerprint density at radius 3 is 2.88 bits per heavy atom. The third kappa shape index (κ3) is 2.73. The van der Waals surface area contributed by atoms with Crippen molar-refractivity contribution in [1.29, 1.82) is 0 Å². The number of aliphatic hydroxyl groups excluding tert-OH is 1. The van der Waals surface area contributed by atoms with Gasteiger partial charge in [-0.3, -0.25) is 0 Å². The average molecular weight is 251 g/mol. The largest absolute Gasteiger partial charge is 0.393 e. The molecule has 1 aromatic rings. The van der Waals surface area contributed by atoms with Crippen molar-refractivity contribution in [2.75, 3.05) is 18.0 Å². The summed E-state index contributed by atoms with van der Waals surface area (Å²) in [4.78, 5) is 6.91. The van der Waals surface area contributed by atoms with Crippen LogP contribution >= 0.6 is 12.2 Å². The summed E-state index contributed by atoms with van der Waals surface area (Å²) in [5, 5.41) is 9.68. The third-order valence-electron chi connectivity index (χ3n) is 3.22. The highest BCUT2D eigenvalue weighted by atomic mass is 32.1. The number of nitrogens with zero attached hydrogens (tertiary/aromatic N) is 2. The number of hydrogen-bond donors (Lipinski definition) is 2. The molecule has 5 heteroatoms. The monoisotopic (exact) mass is 251 g/mol. The Hall–Kier alpha value is -1.20. The fourth-order valence-corrected chi connectivity index (χ4v) is 2.18. The van der Waals surface area contributed by atoms with E-state index in [0.717, 1.165) is 30.9 Å². The first kappa shape index (κ1) is 12.3. The van der Waals surface area contributed by atoms with Gasteiger partial charge in [0.2, 0.25) is 0 Å². The lowest BCUT2D eigenvalue weighted by Crippen LogP contribution is -2.42. The van der Waals surface area contributed by atoms with Gasteiger partial charge in [0.05, 0.1) is 6.10 Å². The SMILES string of the molecule is CC1CN(c2ccc(C(N)=S)cn2)CCC1O. The van der Waals surface area contributed by atoms with Gasteiger partial charge in [0.15, 0.2) is 0 Å². The lowest BCUT2D eigenvalue weighted by molar-refractivity contribution is 0.0969. The molecule has 0 spiro atoms. The minimum absolute atomic E-state index is 0.192. The van der Waals surface area contributed by atoms with E-state index in [-0.39, 0.29) is 12.0 Å². The molecule has 1 aliphatic heterocycles. The smallest absolute Gasteiger partial charge is 0.128 e. The molecule has 2 unspecified atom stereocenters. The second kappa shape index (κ2) is 4.98. The second-order valence-electron chi connectivity index (χ2n) is 4.55. The van der Waals surface area contributed by atoms with Gasteiger partial charge in [0, 0.05) is 24.8 Å². The van der Waals surface area contributed by atoms with Crippen molar-refractivity contribution in [3.8, 4) is 0 Å². The summed E-state index contributed by atoms with van der Waals surface area (Å²) < 4.78 is 0. The van der Waals surface area contributed by atoms with Gasteiger partial charge in [-0.25, -0.2) is 4.98 Å². The minimum atomic E-state index is -0.192. The summed E-state index contributed by atoms with van der Waals surface area (Å²) in [6.45, 7) is 3.73. The normalized spacial score (nSPS) is 24.7. The highest BCUT2D eigenvalue weighted by Gasteiger charge is 2.24. The number of anilines is 1. The van der Waals surface area contributed by atoms with Crippen molar-refractivity contribution in [2.24, 2.45) is 11.7 Å². The molecule has 17 heavy (non-hydrogen) atoms. The average Bonchev–Trinajstić information content (AvgIpc) is 2.33. The lowest BCUT2D eigenvalue weighted by Gasteiger charge is -2.35. The Morgan fingerprint density at radius 1 is 1.59 bits per heavy atom. The summed E-state index contributed by atoms with van der Waals surface area (Å²) in [6.07, 6.45) is 2.30. The number of aliphatic hydroxyl groups is 1. The molecular weight excluding hydrogens is 234 g/mol. The van der Waals surface area contributed by atoms with Gasteiger partial charge in [-0.2, -0.15) is 0 Å². The van der Waals surface area contributed by atoms with E-state index in [0.29, 0.717) is 4.99 Å². The van der Waals surface area contributed by atoms with Gasteiger partial charge in [-0.15, -0.1) is 0 Å². The van der Waals surface area contributed by atoms with Crippen LogP contribution in [0.3, 0.4) is 0 Å². The van der Waals surface area contributed by atoms with E-state index >= 15 is 0 Å². The summed E-state index contributed by atoms with van der Waals surface area (Å²) in [6, 6.07) is 3.82. The van der Waals surface area contributed by atoms with Crippen molar-refractivity contribution >= 4 is 23.0 Å². The molecule has 0 radical (unpaired) electrons. The number of aromatic nitrogens is 1. The van der Waals surface area contributed by atoms with Crippen LogP contribution in [-0.4, -0.2) is 34.3 Å². The van der Waals surface area contributed by atoms with Crippen LogP contribution in [0.4, 0.5) is 5.82 Å². The number of pyridine rings is 1. The molecule has 0 aromatic carbocycles. The van der Waals surface area contributed by atoms with Gasteiger partial charge >= 0.3 is 0 Å². The number of rotatable bonds is 2. The van der Waals surface area contributed by atoms with Crippen molar-refractivity contribution in [3.63, 3.8) is 0 Å². The quantitative estimate of drug-likeness (QED) is 0.765. The highest BCUT2D eigenvalue weighted by molar-refractivity contribution is 7.80. The number of thiocarbonyl (C=S) groups is 1. The van der Waals surface area contributed by atoms with Crippen LogP contribution in [0.5, 0.6) is 0 Å². The Labute approximate surface area is 106 Å². The van der Waals surface area contributed by atoms with Crippen LogP contribution in [-0.2, 0) is 0 Å². The predicted molar refractivity (Wildman–Crippen MR) is 72.1 cm³/mol. The molecule has 1 fully saturated rings. The van der Waals surface area contributed by atoms with Gasteiger partial charge in [-0.05, 0) is 24.5 Å².